The summed E-state index contributed by atoms with van der Waals surface area (Å²) in [6.45, 7) is 2.88. The van der Waals surface area contributed by atoms with Crippen LogP contribution in [0.5, 0.6) is 5.75 Å². The molecule has 1 aromatic heterocycles. The van der Waals surface area contributed by atoms with E-state index in [0.29, 0.717) is 4.88 Å². The Morgan fingerprint density at radius 2 is 1.74 bits per heavy atom. The van der Waals surface area contributed by atoms with Crippen LogP contribution in [0.3, 0.4) is 0 Å². The minimum atomic E-state index is -1.05. The zero-order valence-corrected chi connectivity index (χ0v) is 16.8. The Morgan fingerprint density at radius 3 is 2.37 bits per heavy atom. The van der Waals surface area contributed by atoms with Crippen LogP contribution in [0, 0.1) is 5.82 Å². The van der Waals surface area contributed by atoms with Gasteiger partial charge in [0.15, 0.2) is 17.7 Å². The first-order valence-electron chi connectivity index (χ1n) is 7.85. The molecule has 7 nitrogen and oxygen atoms in total. The van der Waals surface area contributed by atoms with Gasteiger partial charge in [-0.15, -0.1) is 11.3 Å². The van der Waals surface area contributed by atoms with Crippen LogP contribution in [0.4, 0.5) is 4.39 Å². The van der Waals surface area contributed by atoms with E-state index in [1.54, 1.807) is 18.2 Å². The molecule has 0 aliphatic carbocycles. The maximum absolute atomic E-state index is 13.5. The number of thiophene rings is 1. The van der Waals surface area contributed by atoms with Crippen molar-refractivity contribution in [3.8, 4) is 5.75 Å². The summed E-state index contributed by atoms with van der Waals surface area (Å²) in [5, 5.41) is 2.52. The van der Waals surface area contributed by atoms with Gasteiger partial charge in [-0.05, 0) is 54.0 Å². The van der Waals surface area contributed by atoms with Gasteiger partial charge in [-0.25, -0.2) is 4.39 Å². The third-order valence-electron chi connectivity index (χ3n) is 3.36. The van der Waals surface area contributed by atoms with Crippen molar-refractivity contribution in [2.24, 2.45) is 0 Å². The summed E-state index contributed by atoms with van der Waals surface area (Å²) in [5.74, 6) is -2.37. The van der Waals surface area contributed by atoms with Gasteiger partial charge < -0.3 is 10.1 Å². The maximum atomic E-state index is 13.5. The first-order chi connectivity index (χ1) is 12.8. The fourth-order valence-corrected chi connectivity index (χ4v) is 3.18. The van der Waals surface area contributed by atoms with Crippen molar-refractivity contribution in [1.29, 1.82) is 0 Å². The van der Waals surface area contributed by atoms with Crippen LogP contribution >= 0.6 is 27.3 Å². The van der Waals surface area contributed by atoms with Crippen molar-refractivity contribution >= 4 is 45.0 Å². The van der Waals surface area contributed by atoms with Crippen LogP contribution in [0.1, 0.15) is 23.5 Å². The van der Waals surface area contributed by atoms with E-state index >= 15 is 0 Å². The van der Waals surface area contributed by atoms with E-state index in [0.717, 1.165) is 3.79 Å². The molecule has 144 valence electrons. The van der Waals surface area contributed by atoms with Crippen LogP contribution in [0.15, 0.2) is 40.2 Å². The molecule has 3 amide bonds. The van der Waals surface area contributed by atoms with E-state index in [1.807, 2.05) is 0 Å². The number of hydrogen-bond donors (Lipinski definition) is 3. The summed E-state index contributed by atoms with van der Waals surface area (Å²) in [6.07, 6.45) is -1.05. The van der Waals surface area contributed by atoms with Gasteiger partial charge in [0.25, 0.3) is 17.7 Å². The van der Waals surface area contributed by atoms with Crippen LogP contribution in [0.25, 0.3) is 0 Å². The van der Waals surface area contributed by atoms with E-state index in [2.05, 4.69) is 32.1 Å². The van der Waals surface area contributed by atoms with Gasteiger partial charge in [0, 0.05) is 0 Å². The van der Waals surface area contributed by atoms with E-state index in [-0.39, 0.29) is 5.75 Å². The summed E-state index contributed by atoms with van der Waals surface area (Å²) in [5.41, 5.74) is 4.37. The molecule has 3 N–H and O–H groups in total. The van der Waals surface area contributed by atoms with E-state index in [4.69, 9.17) is 4.74 Å². The van der Waals surface area contributed by atoms with Gasteiger partial charge >= 0.3 is 0 Å². The lowest BCUT2D eigenvalue weighted by Gasteiger charge is -2.17. The number of ether oxygens (including phenoxy) is 1. The van der Waals surface area contributed by atoms with Gasteiger partial charge in [-0.3, -0.25) is 25.2 Å². The predicted octanol–water partition coefficient (Wildman–Crippen LogP) is 2.38. The Balaban J connectivity index is 1.80. The number of rotatable bonds is 6. The van der Waals surface area contributed by atoms with Crippen molar-refractivity contribution < 1.29 is 23.5 Å². The molecule has 27 heavy (non-hydrogen) atoms. The molecule has 0 saturated heterocycles. The summed E-state index contributed by atoms with van der Waals surface area (Å²) < 4.78 is 19.5. The number of nitrogens with one attached hydrogen (secondary N) is 3. The number of amides is 3. The minimum Gasteiger partial charge on any atom is -0.478 e. The standard InChI is InChI=1S/C17H17BrFN3O4S/c1-9(20-17(25)13-7-8-14(18)27-13)15(23)21-22-16(24)10(2)26-12-6-4-3-5-11(12)19/h3-10H,1-2H3,(H,20,25)(H,21,23)(H,22,24). The average molecular weight is 458 g/mol. The Bertz CT molecular complexity index is 845. The Labute approximate surface area is 167 Å². The topological polar surface area (TPSA) is 96.5 Å². The van der Waals surface area contributed by atoms with E-state index < -0.39 is 35.7 Å². The van der Waals surface area contributed by atoms with Gasteiger partial charge in [-0.1, -0.05) is 12.1 Å². The number of carbonyl (C=O) groups excluding carboxylic acids is 3. The Morgan fingerprint density at radius 1 is 1.07 bits per heavy atom. The fraction of sp³-hybridized carbons (Fsp3) is 0.235. The maximum Gasteiger partial charge on any atom is 0.279 e. The molecule has 0 radical (unpaired) electrons. The Kier molecular flexibility index (Phi) is 7.31. The van der Waals surface area contributed by atoms with Crippen molar-refractivity contribution in [2.45, 2.75) is 26.0 Å². The molecule has 0 aliphatic rings. The first kappa shape index (κ1) is 20.8. The van der Waals surface area contributed by atoms with Crippen molar-refractivity contribution in [2.75, 3.05) is 0 Å². The second kappa shape index (κ2) is 9.47. The average Bonchev–Trinajstić information content (AvgIpc) is 3.07. The van der Waals surface area contributed by atoms with Gasteiger partial charge in [0.2, 0.25) is 0 Å². The number of halogens is 2. The van der Waals surface area contributed by atoms with Crippen molar-refractivity contribution in [3.05, 3.63) is 50.9 Å². The number of hydrazine groups is 1. The summed E-state index contributed by atoms with van der Waals surface area (Å²) >= 11 is 4.48. The number of para-hydroxylation sites is 1. The lowest BCUT2D eigenvalue weighted by Crippen LogP contribution is -2.53. The molecule has 2 aromatic rings. The molecular formula is C17H17BrFN3O4S. The minimum absolute atomic E-state index is 0.0748. The number of benzene rings is 1. The Hall–Kier alpha value is -2.46. The van der Waals surface area contributed by atoms with Gasteiger partial charge in [0.1, 0.15) is 6.04 Å². The third kappa shape index (κ3) is 6.04. The van der Waals surface area contributed by atoms with Crippen molar-refractivity contribution in [3.63, 3.8) is 0 Å². The van der Waals surface area contributed by atoms with E-state index in [9.17, 15) is 18.8 Å². The third-order valence-corrected chi connectivity index (χ3v) is 4.98. The second-order valence-electron chi connectivity index (χ2n) is 5.47. The van der Waals surface area contributed by atoms with Gasteiger partial charge in [-0.2, -0.15) is 0 Å². The zero-order chi connectivity index (χ0) is 20.0. The predicted molar refractivity (Wildman–Crippen MR) is 102 cm³/mol. The SMILES string of the molecule is CC(NC(=O)c1ccc(Br)s1)C(=O)NNC(=O)C(C)Oc1ccccc1F. The first-order valence-corrected chi connectivity index (χ1v) is 9.46. The van der Waals surface area contributed by atoms with Crippen LogP contribution in [0.2, 0.25) is 0 Å². The highest BCUT2D eigenvalue weighted by Crippen LogP contribution is 2.21. The summed E-state index contributed by atoms with van der Waals surface area (Å²) in [7, 11) is 0. The number of carbonyl (C=O) groups is 3. The highest BCUT2D eigenvalue weighted by molar-refractivity contribution is 9.11. The second-order valence-corrected chi connectivity index (χ2v) is 7.93. The zero-order valence-electron chi connectivity index (χ0n) is 14.4. The smallest absolute Gasteiger partial charge is 0.279 e. The molecule has 10 heteroatoms. The molecule has 0 spiro atoms. The summed E-state index contributed by atoms with van der Waals surface area (Å²) in [4.78, 5) is 36.4. The van der Waals surface area contributed by atoms with Crippen molar-refractivity contribution in [1.82, 2.24) is 16.2 Å². The molecule has 0 bridgehead atoms. The largest absolute Gasteiger partial charge is 0.478 e. The van der Waals surface area contributed by atoms with Crippen LogP contribution in [-0.2, 0) is 9.59 Å². The van der Waals surface area contributed by atoms with Crippen LogP contribution < -0.4 is 20.9 Å². The summed E-state index contributed by atoms with van der Waals surface area (Å²) in [6, 6.07) is 8.12. The fourth-order valence-electron chi connectivity index (χ4n) is 1.89. The quantitative estimate of drug-likeness (QED) is 0.580. The molecule has 0 saturated carbocycles. The molecule has 2 rings (SSSR count). The van der Waals surface area contributed by atoms with Crippen LogP contribution in [-0.4, -0.2) is 29.9 Å². The normalized spacial score (nSPS) is 12.6. The lowest BCUT2D eigenvalue weighted by molar-refractivity contribution is -0.133. The monoisotopic (exact) mass is 457 g/mol. The highest BCUT2D eigenvalue weighted by atomic mass is 79.9. The van der Waals surface area contributed by atoms with Gasteiger partial charge in [0.05, 0.1) is 8.66 Å². The molecule has 2 unspecified atom stereocenters. The highest BCUT2D eigenvalue weighted by Gasteiger charge is 2.20. The molecule has 1 heterocycles. The van der Waals surface area contributed by atoms with E-state index in [1.165, 1.54) is 43.4 Å². The molecule has 0 fully saturated rings. The molecule has 1 aromatic carbocycles. The number of hydrogen-bond acceptors (Lipinski definition) is 5. The molecular weight excluding hydrogens is 441 g/mol. The molecule has 0 aliphatic heterocycles. The lowest BCUT2D eigenvalue weighted by atomic mass is 10.3. The molecule has 2 atom stereocenters.